The lowest BCUT2D eigenvalue weighted by atomic mass is 10.00. The molecule has 1 heterocycles. The Kier molecular flexibility index (Phi) is 3.62. The van der Waals surface area contributed by atoms with E-state index < -0.39 is 0 Å². The van der Waals surface area contributed by atoms with E-state index in [1.54, 1.807) is 6.07 Å². The van der Waals surface area contributed by atoms with Crippen LogP contribution < -0.4 is 0 Å². The second-order valence-corrected chi connectivity index (χ2v) is 7.41. The van der Waals surface area contributed by atoms with Gasteiger partial charge in [0.15, 0.2) is 0 Å². The predicted molar refractivity (Wildman–Crippen MR) is 123 cm³/mol. The zero-order valence-electron chi connectivity index (χ0n) is 16.2. The molecular formula is C27H18N2O. The Morgan fingerprint density at radius 3 is 1.87 bits per heavy atom. The van der Waals surface area contributed by atoms with Gasteiger partial charge in [-0.3, -0.25) is 4.57 Å². The second kappa shape index (κ2) is 6.46. The predicted octanol–water partition coefficient (Wildman–Crippen LogP) is 6.70. The smallest absolute Gasteiger partial charge is 0.149 e. The number of fused-ring (bicyclic) bond motifs is 6. The molecular weight excluding hydrogens is 368 g/mol. The van der Waals surface area contributed by atoms with E-state index >= 15 is 0 Å². The first-order chi connectivity index (χ1) is 14.8. The standard InChI is InChI=1S/C27H18N2O/c30-24-17-9-8-16-23(24)27-28-25-21-14-6-4-12-19(21)20-13-5-7-15-22(20)26(25)29(27)18-10-2-1-3-11-18/h1-17,30H. The Balaban J connectivity index is 1.90. The van der Waals surface area contributed by atoms with Gasteiger partial charge in [0.1, 0.15) is 11.6 Å². The van der Waals surface area contributed by atoms with Gasteiger partial charge in [0.25, 0.3) is 0 Å². The number of aromatic nitrogens is 2. The monoisotopic (exact) mass is 386 g/mol. The molecule has 0 saturated carbocycles. The summed E-state index contributed by atoms with van der Waals surface area (Å²) in [4.78, 5) is 5.10. The lowest BCUT2D eigenvalue weighted by Crippen LogP contribution is -1.98. The molecule has 0 bridgehead atoms. The minimum absolute atomic E-state index is 0.221. The summed E-state index contributed by atoms with van der Waals surface area (Å²) >= 11 is 0. The number of nitrogens with zero attached hydrogens (tertiary/aromatic N) is 2. The molecule has 0 unspecified atom stereocenters. The van der Waals surface area contributed by atoms with Crippen molar-refractivity contribution in [3.63, 3.8) is 0 Å². The lowest BCUT2D eigenvalue weighted by molar-refractivity contribution is 0.477. The molecule has 0 aliphatic heterocycles. The molecule has 142 valence electrons. The Morgan fingerprint density at radius 2 is 1.13 bits per heavy atom. The van der Waals surface area contributed by atoms with Crippen molar-refractivity contribution >= 4 is 32.6 Å². The van der Waals surface area contributed by atoms with Crippen LogP contribution in [0.1, 0.15) is 0 Å². The number of aromatic hydroxyl groups is 1. The van der Waals surface area contributed by atoms with Crippen LogP contribution in [0.25, 0.3) is 49.7 Å². The van der Waals surface area contributed by atoms with Crippen LogP contribution in [-0.4, -0.2) is 14.7 Å². The van der Waals surface area contributed by atoms with Gasteiger partial charge < -0.3 is 5.11 Å². The minimum Gasteiger partial charge on any atom is -0.507 e. The Labute approximate surface area is 173 Å². The molecule has 0 spiro atoms. The number of imidazole rings is 1. The van der Waals surface area contributed by atoms with E-state index in [4.69, 9.17) is 4.98 Å². The summed E-state index contributed by atoms with van der Waals surface area (Å²) in [5.74, 6) is 0.953. The van der Waals surface area contributed by atoms with Gasteiger partial charge in [-0.25, -0.2) is 4.98 Å². The van der Waals surface area contributed by atoms with E-state index in [1.807, 2.05) is 36.4 Å². The topological polar surface area (TPSA) is 38.1 Å². The van der Waals surface area contributed by atoms with Gasteiger partial charge in [-0.1, -0.05) is 78.9 Å². The summed E-state index contributed by atoms with van der Waals surface area (Å²) in [5.41, 5.74) is 3.71. The third-order valence-corrected chi connectivity index (χ3v) is 5.69. The first kappa shape index (κ1) is 16.8. The van der Waals surface area contributed by atoms with Gasteiger partial charge in [0.05, 0.1) is 16.6 Å². The lowest BCUT2D eigenvalue weighted by Gasteiger charge is -2.12. The molecule has 0 atom stereocenters. The van der Waals surface area contributed by atoms with Crippen molar-refractivity contribution in [3.05, 3.63) is 103 Å². The highest BCUT2D eigenvalue weighted by molar-refractivity contribution is 6.24. The SMILES string of the molecule is Oc1ccccc1-c1nc2c3ccccc3c3ccccc3c2n1-c1ccccc1. The fraction of sp³-hybridized carbons (Fsp3) is 0. The van der Waals surface area contributed by atoms with Crippen molar-refractivity contribution in [1.82, 2.24) is 9.55 Å². The first-order valence-corrected chi connectivity index (χ1v) is 9.98. The molecule has 3 nitrogen and oxygen atoms in total. The van der Waals surface area contributed by atoms with Gasteiger partial charge in [-0.05, 0) is 35.0 Å². The van der Waals surface area contributed by atoms with E-state index in [1.165, 1.54) is 10.8 Å². The van der Waals surface area contributed by atoms with E-state index in [2.05, 4.69) is 65.2 Å². The highest BCUT2D eigenvalue weighted by Crippen LogP contribution is 2.40. The summed E-state index contributed by atoms with van der Waals surface area (Å²) in [6, 6.07) is 34.5. The van der Waals surface area contributed by atoms with Crippen LogP contribution in [0.4, 0.5) is 0 Å². The molecule has 0 saturated heterocycles. The van der Waals surface area contributed by atoms with Gasteiger partial charge >= 0.3 is 0 Å². The van der Waals surface area contributed by atoms with Crippen LogP contribution in [0.3, 0.4) is 0 Å². The number of rotatable bonds is 2. The van der Waals surface area contributed by atoms with Crippen LogP contribution in [-0.2, 0) is 0 Å². The normalized spacial score (nSPS) is 11.5. The van der Waals surface area contributed by atoms with Crippen molar-refractivity contribution < 1.29 is 5.11 Å². The van der Waals surface area contributed by atoms with E-state index in [0.717, 1.165) is 33.3 Å². The molecule has 6 aromatic rings. The maximum Gasteiger partial charge on any atom is 0.149 e. The average Bonchev–Trinajstić information content (AvgIpc) is 3.21. The molecule has 6 rings (SSSR count). The van der Waals surface area contributed by atoms with Crippen molar-refractivity contribution in [2.75, 3.05) is 0 Å². The summed E-state index contributed by atoms with van der Waals surface area (Å²) < 4.78 is 2.17. The molecule has 1 aromatic heterocycles. The van der Waals surface area contributed by atoms with Crippen molar-refractivity contribution in [1.29, 1.82) is 0 Å². The van der Waals surface area contributed by atoms with Crippen molar-refractivity contribution in [3.8, 4) is 22.8 Å². The highest BCUT2D eigenvalue weighted by atomic mass is 16.3. The van der Waals surface area contributed by atoms with Crippen molar-refractivity contribution in [2.45, 2.75) is 0 Å². The maximum absolute atomic E-state index is 10.6. The molecule has 3 heteroatoms. The van der Waals surface area contributed by atoms with Gasteiger partial charge in [0, 0.05) is 16.5 Å². The van der Waals surface area contributed by atoms with Gasteiger partial charge in [0.2, 0.25) is 0 Å². The molecule has 0 aliphatic carbocycles. The van der Waals surface area contributed by atoms with E-state index in [9.17, 15) is 5.11 Å². The van der Waals surface area contributed by atoms with E-state index in [-0.39, 0.29) is 5.75 Å². The molecule has 5 aromatic carbocycles. The average molecular weight is 386 g/mol. The van der Waals surface area contributed by atoms with E-state index in [0.29, 0.717) is 5.56 Å². The van der Waals surface area contributed by atoms with Crippen molar-refractivity contribution in [2.24, 2.45) is 0 Å². The largest absolute Gasteiger partial charge is 0.507 e. The van der Waals surface area contributed by atoms with Crippen LogP contribution in [0, 0.1) is 0 Å². The van der Waals surface area contributed by atoms with Crippen LogP contribution in [0.2, 0.25) is 0 Å². The highest BCUT2D eigenvalue weighted by Gasteiger charge is 2.21. The Hall–Kier alpha value is -4.11. The number of phenolic OH excluding ortho intramolecular Hbond substituents is 1. The van der Waals surface area contributed by atoms with Crippen LogP contribution in [0.15, 0.2) is 103 Å². The second-order valence-electron chi connectivity index (χ2n) is 7.41. The van der Waals surface area contributed by atoms with Crippen LogP contribution >= 0.6 is 0 Å². The van der Waals surface area contributed by atoms with Gasteiger partial charge in [-0.2, -0.15) is 0 Å². The molecule has 0 amide bonds. The molecule has 0 radical (unpaired) electrons. The number of benzene rings is 5. The third kappa shape index (κ3) is 2.36. The molecule has 0 aliphatic rings. The zero-order chi connectivity index (χ0) is 20.1. The molecule has 1 N–H and O–H groups in total. The summed E-state index contributed by atoms with van der Waals surface area (Å²) in [6.07, 6.45) is 0. The number of hydrogen-bond donors (Lipinski definition) is 1. The van der Waals surface area contributed by atoms with Gasteiger partial charge in [-0.15, -0.1) is 0 Å². The quantitative estimate of drug-likeness (QED) is 0.336. The molecule has 0 fully saturated rings. The Bertz CT molecular complexity index is 1550. The summed E-state index contributed by atoms with van der Waals surface area (Å²) in [5, 5.41) is 15.3. The first-order valence-electron chi connectivity index (χ1n) is 9.98. The fourth-order valence-electron chi connectivity index (χ4n) is 4.38. The third-order valence-electron chi connectivity index (χ3n) is 5.69. The minimum atomic E-state index is 0.221. The van der Waals surface area contributed by atoms with Crippen LogP contribution in [0.5, 0.6) is 5.75 Å². The number of para-hydroxylation sites is 2. The summed E-state index contributed by atoms with van der Waals surface area (Å²) in [6.45, 7) is 0. The summed E-state index contributed by atoms with van der Waals surface area (Å²) in [7, 11) is 0. The molecule has 30 heavy (non-hydrogen) atoms. The zero-order valence-corrected chi connectivity index (χ0v) is 16.2. The number of hydrogen-bond acceptors (Lipinski definition) is 2. The maximum atomic E-state index is 10.6. The Morgan fingerprint density at radius 1 is 0.567 bits per heavy atom. The number of phenols is 1. The fourth-order valence-corrected chi connectivity index (χ4v) is 4.38.